The van der Waals surface area contributed by atoms with E-state index >= 15 is 0 Å². The van der Waals surface area contributed by atoms with Crippen LogP contribution in [0.1, 0.15) is 50.8 Å². The van der Waals surface area contributed by atoms with Crippen molar-refractivity contribution in [1.82, 2.24) is 20.1 Å². The van der Waals surface area contributed by atoms with Crippen molar-refractivity contribution in [3.63, 3.8) is 0 Å². The van der Waals surface area contributed by atoms with E-state index in [1.807, 2.05) is 7.11 Å². The lowest BCUT2D eigenvalue weighted by Gasteiger charge is -2.40. The maximum atomic E-state index is 5.72. The molecule has 1 atom stereocenters. The van der Waals surface area contributed by atoms with Gasteiger partial charge in [-0.15, -0.1) is 10.2 Å². The molecule has 5 nitrogen and oxygen atoms in total. The summed E-state index contributed by atoms with van der Waals surface area (Å²) in [6.45, 7) is 6.43. The molecule has 1 unspecified atom stereocenters. The quantitative estimate of drug-likeness (QED) is 0.899. The van der Waals surface area contributed by atoms with Crippen LogP contribution < -0.4 is 5.32 Å². The molecule has 1 aliphatic heterocycles. The molecule has 3 rings (SSSR count). The highest BCUT2D eigenvalue weighted by molar-refractivity contribution is 5.09. The third kappa shape index (κ3) is 2.19. The van der Waals surface area contributed by atoms with E-state index in [1.54, 1.807) is 0 Å². The second kappa shape index (κ2) is 4.87. The molecule has 0 bridgehead atoms. The molecule has 19 heavy (non-hydrogen) atoms. The minimum absolute atomic E-state index is 0.0298. The van der Waals surface area contributed by atoms with Crippen molar-refractivity contribution in [2.45, 2.75) is 57.7 Å². The van der Waals surface area contributed by atoms with Crippen LogP contribution in [0.15, 0.2) is 0 Å². The fourth-order valence-corrected chi connectivity index (χ4v) is 3.22. The normalized spacial score (nSPS) is 25.2. The van der Waals surface area contributed by atoms with Crippen LogP contribution in [0.4, 0.5) is 0 Å². The third-order valence-electron chi connectivity index (χ3n) is 4.68. The first-order valence-corrected chi connectivity index (χ1v) is 7.36. The first-order valence-electron chi connectivity index (χ1n) is 7.36. The third-order valence-corrected chi connectivity index (χ3v) is 4.68. The van der Waals surface area contributed by atoms with Gasteiger partial charge in [-0.3, -0.25) is 0 Å². The molecule has 0 aromatic carbocycles. The van der Waals surface area contributed by atoms with E-state index in [2.05, 4.69) is 33.9 Å². The van der Waals surface area contributed by atoms with Gasteiger partial charge < -0.3 is 14.6 Å². The number of hydrogen-bond acceptors (Lipinski definition) is 4. The number of nitrogens with zero attached hydrogens (tertiary/aromatic N) is 3. The first-order chi connectivity index (χ1) is 9.15. The molecule has 0 spiro atoms. The Balaban J connectivity index is 1.84. The van der Waals surface area contributed by atoms with Gasteiger partial charge in [0.2, 0.25) is 0 Å². The smallest absolute Gasteiger partial charge is 0.150 e. The van der Waals surface area contributed by atoms with E-state index < -0.39 is 0 Å². The van der Waals surface area contributed by atoms with Crippen molar-refractivity contribution in [3.05, 3.63) is 11.6 Å². The van der Waals surface area contributed by atoms with Crippen molar-refractivity contribution >= 4 is 0 Å². The first kappa shape index (κ1) is 13.1. The summed E-state index contributed by atoms with van der Waals surface area (Å²) in [5.41, 5.74) is 0.0298. The van der Waals surface area contributed by atoms with Crippen molar-refractivity contribution in [1.29, 1.82) is 0 Å². The van der Waals surface area contributed by atoms with Crippen molar-refractivity contribution < 1.29 is 4.74 Å². The zero-order chi connectivity index (χ0) is 13.5. The topological polar surface area (TPSA) is 52.0 Å². The highest BCUT2D eigenvalue weighted by Crippen LogP contribution is 2.38. The standard InChI is InChI=1S/C14H24N4O/c1-10(2)12-13-17-16-11(18(13)8-7-15-12)9-14(19-3)5-4-6-14/h10,12,15H,4-9H2,1-3H3. The monoisotopic (exact) mass is 264 g/mol. The summed E-state index contributed by atoms with van der Waals surface area (Å²) in [5.74, 6) is 2.74. The minimum atomic E-state index is 0.0298. The summed E-state index contributed by atoms with van der Waals surface area (Å²) in [6.07, 6.45) is 4.47. The Bertz CT molecular complexity index is 445. The van der Waals surface area contributed by atoms with Crippen molar-refractivity contribution in [2.75, 3.05) is 13.7 Å². The lowest BCUT2D eigenvalue weighted by Crippen LogP contribution is -2.43. The average Bonchev–Trinajstić information content (AvgIpc) is 2.76. The van der Waals surface area contributed by atoms with Crippen molar-refractivity contribution in [3.8, 4) is 0 Å². The van der Waals surface area contributed by atoms with Gasteiger partial charge in [0.15, 0.2) is 5.82 Å². The predicted molar refractivity (Wildman–Crippen MR) is 72.9 cm³/mol. The molecule has 1 aliphatic carbocycles. The molecular formula is C14H24N4O. The number of fused-ring (bicyclic) bond motifs is 1. The van der Waals surface area contributed by atoms with E-state index in [4.69, 9.17) is 4.74 Å². The van der Waals surface area contributed by atoms with Crippen LogP contribution in [0.25, 0.3) is 0 Å². The van der Waals surface area contributed by atoms with E-state index in [0.29, 0.717) is 12.0 Å². The maximum Gasteiger partial charge on any atom is 0.150 e. The van der Waals surface area contributed by atoms with Gasteiger partial charge in [0, 0.05) is 26.6 Å². The van der Waals surface area contributed by atoms with E-state index in [1.165, 1.54) is 6.42 Å². The van der Waals surface area contributed by atoms with Crippen molar-refractivity contribution in [2.24, 2.45) is 5.92 Å². The molecule has 1 aromatic rings. The van der Waals surface area contributed by atoms with E-state index in [9.17, 15) is 0 Å². The van der Waals surface area contributed by atoms with Gasteiger partial charge in [-0.2, -0.15) is 0 Å². The molecule has 1 aromatic heterocycles. The summed E-state index contributed by atoms with van der Waals surface area (Å²) in [6, 6.07) is 0.329. The molecule has 1 saturated carbocycles. The summed E-state index contributed by atoms with van der Waals surface area (Å²) in [7, 11) is 1.82. The van der Waals surface area contributed by atoms with E-state index in [0.717, 1.165) is 44.0 Å². The molecule has 2 heterocycles. The van der Waals surface area contributed by atoms with Gasteiger partial charge in [-0.25, -0.2) is 0 Å². The predicted octanol–water partition coefficient (Wildman–Crippen LogP) is 1.69. The Labute approximate surface area is 114 Å². The largest absolute Gasteiger partial charge is 0.378 e. The Morgan fingerprint density at radius 2 is 2.21 bits per heavy atom. The van der Waals surface area contributed by atoms with Crippen LogP contribution in [-0.2, 0) is 17.7 Å². The Morgan fingerprint density at radius 3 is 2.79 bits per heavy atom. The van der Waals surface area contributed by atoms with Gasteiger partial charge in [0.1, 0.15) is 5.82 Å². The Morgan fingerprint density at radius 1 is 1.42 bits per heavy atom. The summed E-state index contributed by atoms with van der Waals surface area (Å²) in [5, 5.41) is 12.4. The fourth-order valence-electron chi connectivity index (χ4n) is 3.22. The number of aromatic nitrogens is 3. The number of methoxy groups -OCH3 is 1. The zero-order valence-corrected chi connectivity index (χ0v) is 12.1. The van der Waals surface area contributed by atoms with E-state index in [-0.39, 0.29) is 5.60 Å². The highest BCUT2D eigenvalue weighted by Gasteiger charge is 2.39. The molecule has 0 radical (unpaired) electrons. The van der Waals surface area contributed by atoms with Crippen LogP contribution in [0.5, 0.6) is 0 Å². The minimum Gasteiger partial charge on any atom is -0.378 e. The molecule has 5 heteroatoms. The summed E-state index contributed by atoms with van der Waals surface area (Å²) in [4.78, 5) is 0. The van der Waals surface area contributed by atoms with Crippen LogP contribution in [0.2, 0.25) is 0 Å². The SMILES string of the molecule is COC1(Cc2nnc3n2CCNC3C(C)C)CCC1. The molecule has 2 aliphatic rings. The number of hydrogen-bond donors (Lipinski definition) is 1. The average molecular weight is 264 g/mol. The second-order valence-electron chi connectivity index (χ2n) is 6.22. The Kier molecular flexibility index (Phi) is 3.35. The van der Waals surface area contributed by atoms with Gasteiger partial charge in [-0.05, 0) is 25.2 Å². The molecule has 106 valence electrons. The lowest BCUT2D eigenvalue weighted by molar-refractivity contribution is -0.0727. The number of rotatable bonds is 4. The molecule has 0 amide bonds. The lowest BCUT2D eigenvalue weighted by atomic mass is 9.77. The summed E-state index contributed by atoms with van der Waals surface area (Å²) >= 11 is 0. The van der Waals surface area contributed by atoms with Gasteiger partial charge in [0.05, 0.1) is 11.6 Å². The van der Waals surface area contributed by atoms with Crippen LogP contribution >= 0.6 is 0 Å². The molecule has 0 saturated heterocycles. The van der Waals surface area contributed by atoms with Gasteiger partial charge in [0.25, 0.3) is 0 Å². The zero-order valence-electron chi connectivity index (χ0n) is 12.1. The molecular weight excluding hydrogens is 240 g/mol. The van der Waals surface area contributed by atoms with Crippen LogP contribution in [-0.4, -0.2) is 34.0 Å². The van der Waals surface area contributed by atoms with Gasteiger partial charge in [-0.1, -0.05) is 13.8 Å². The van der Waals surface area contributed by atoms with Gasteiger partial charge >= 0.3 is 0 Å². The molecule has 1 N–H and O–H groups in total. The number of ether oxygens (including phenoxy) is 1. The Hall–Kier alpha value is -0.940. The second-order valence-corrected chi connectivity index (χ2v) is 6.22. The van der Waals surface area contributed by atoms with Crippen LogP contribution in [0, 0.1) is 5.92 Å². The molecule has 1 fully saturated rings. The highest BCUT2D eigenvalue weighted by atomic mass is 16.5. The maximum absolute atomic E-state index is 5.72. The fraction of sp³-hybridized carbons (Fsp3) is 0.857. The van der Waals surface area contributed by atoms with Crippen LogP contribution in [0.3, 0.4) is 0 Å². The number of nitrogens with one attached hydrogen (secondary N) is 1. The summed E-state index contributed by atoms with van der Waals surface area (Å²) < 4.78 is 8.02.